The monoisotopic (exact) mass is 262 g/mol. The molecule has 1 N–H and O–H groups in total. The lowest BCUT2D eigenvalue weighted by Crippen LogP contribution is -3.10. The van der Waals surface area contributed by atoms with Crippen molar-refractivity contribution in [2.75, 3.05) is 32.1 Å². The number of piperidine rings is 1. The fourth-order valence-electron chi connectivity index (χ4n) is 2.75. The Labute approximate surface area is 112 Å². The third-order valence-corrected chi connectivity index (χ3v) is 4.06. The minimum Gasteiger partial charge on any atom is -0.354 e. The molecule has 19 heavy (non-hydrogen) atoms. The minimum absolute atomic E-state index is 0.531. The maximum atomic E-state index is 4.41. The molecule has 1 saturated heterocycles. The van der Waals surface area contributed by atoms with E-state index in [2.05, 4.69) is 39.3 Å². The molecule has 1 aliphatic rings. The highest BCUT2D eigenvalue weighted by molar-refractivity contribution is 5.82. The summed E-state index contributed by atoms with van der Waals surface area (Å²) in [5.41, 5.74) is 1.58. The molecule has 3 rings (SSSR count). The smallest absolute Gasteiger partial charge is 0.183 e. The maximum Gasteiger partial charge on any atom is 0.183 e. The SMILES string of the molecule is CN(c1ncnc2c1nnn2C)C1CC[NH+](C)CC1. The summed E-state index contributed by atoms with van der Waals surface area (Å²) < 4.78 is 1.69. The van der Waals surface area contributed by atoms with Crippen LogP contribution < -0.4 is 9.80 Å². The van der Waals surface area contributed by atoms with Crippen LogP contribution in [0.25, 0.3) is 11.2 Å². The van der Waals surface area contributed by atoms with Crippen molar-refractivity contribution in [3.05, 3.63) is 6.33 Å². The molecule has 0 bridgehead atoms. The standard InChI is InChI=1S/C12H19N7/c1-17-6-4-9(5-7-17)18(2)11-10-12(14-8-13-11)19(3)16-15-10/h8-9H,4-7H2,1-3H3/p+1. The van der Waals surface area contributed by atoms with Crippen LogP contribution in [0.4, 0.5) is 5.82 Å². The van der Waals surface area contributed by atoms with Crippen molar-refractivity contribution >= 4 is 17.0 Å². The molecule has 1 fully saturated rings. The number of rotatable bonds is 2. The van der Waals surface area contributed by atoms with E-state index in [0.29, 0.717) is 6.04 Å². The third kappa shape index (κ3) is 2.14. The Morgan fingerprint density at radius 2 is 2.05 bits per heavy atom. The first kappa shape index (κ1) is 12.3. The quantitative estimate of drug-likeness (QED) is 0.742. The van der Waals surface area contributed by atoms with Crippen LogP contribution in [-0.2, 0) is 7.05 Å². The van der Waals surface area contributed by atoms with Gasteiger partial charge in [0.25, 0.3) is 0 Å². The van der Waals surface area contributed by atoms with Gasteiger partial charge in [0, 0.05) is 33.0 Å². The van der Waals surface area contributed by atoms with Gasteiger partial charge >= 0.3 is 0 Å². The van der Waals surface area contributed by atoms with Gasteiger partial charge < -0.3 is 9.80 Å². The first-order valence-corrected chi connectivity index (χ1v) is 6.71. The summed E-state index contributed by atoms with van der Waals surface area (Å²) in [6.07, 6.45) is 3.97. The average molecular weight is 262 g/mol. The summed E-state index contributed by atoms with van der Waals surface area (Å²) in [5, 5.41) is 8.22. The fourth-order valence-corrected chi connectivity index (χ4v) is 2.75. The molecule has 7 nitrogen and oxygen atoms in total. The second-order valence-electron chi connectivity index (χ2n) is 5.38. The van der Waals surface area contributed by atoms with E-state index < -0.39 is 0 Å². The number of hydrogen-bond donors (Lipinski definition) is 1. The van der Waals surface area contributed by atoms with Crippen molar-refractivity contribution in [3.63, 3.8) is 0 Å². The highest BCUT2D eigenvalue weighted by atomic mass is 15.4. The molecule has 0 atom stereocenters. The molecule has 0 unspecified atom stereocenters. The lowest BCUT2D eigenvalue weighted by Gasteiger charge is -2.33. The fraction of sp³-hybridized carbons (Fsp3) is 0.667. The molecule has 102 valence electrons. The Morgan fingerprint density at radius 1 is 1.32 bits per heavy atom. The summed E-state index contributed by atoms with van der Waals surface area (Å²) in [4.78, 5) is 12.5. The number of quaternary nitrogens is 1. The van der Waals surface area contributed by atoms with Crippen LogP contribution in [0, 0.1) is 0 Å². The van der Waals surface area contributed by atoms with Crippen molar-refractivity contribution in [1.82, 2.24) is 25.0 Å². The van der Waals surface area contributed by atoms with Crippen LogP contribution >= 0.6 is 0 Å². The average Bonchev–Trinajstić information content (AvgIpc) is 2.81. The first-order chi connectivity index (χ1) is 9.16. The summed E-state index contributed by atoms with van der Waals surface area (Å²) >= 11 is 0. The van der Waals surface area contributed by atoms with Crippen molar-refractivity contribution in [1.29, 1.82) is 0 Å². The molecule has 1 aliphatic heterocycles. The van der Waals surface area contributed by atoms with Gasteiger partial charge in [-0.2, -0.15) is 0 Å². The van der Waals surface area contributed by atoms with Gasteiger partial charge in [0.05, 0.1) is 20.1 Å². The van der Waals surface area contributed by atoms with Crippen molar-refractivity contribution in [2.45, 2.75) is 18.9 Å². The van der Waals surface area contributed by atoms with E-state index in [9.17, 15) is 0 Å². The zero-order valence-corrected chi connectivity index (χ0v) is 11.7. The molecule has 7 heteroatoms. The predicted molar refractivity (Wildman–Crippen MR) is 72.1 cm³/mol. The lowest BCUT2D eigenvalue weighted by atomic mass is 10.0. The van der Waals surface area contributed by atoms with E-state index in [1.165, 1.54) is 25.9 Å². The second-order valence-corrected chi connectivity index (χ2v) is 5.38. The number of aryl methyl sites for hydroxylation is 1. The van der Waals surface area contributed by atoms with E-state index in [1.807, 2.05) is 7.05 Å². The molecule has 0 radical (unpaired) electrons. The Balaban J connectivity index is 1.91. The number of hydrogen-bond acceptors (Lipinski definition) is 5. The number of anilines is 1. The Morgan fingerprint density at radius 3 is 2.79 bits per heavy atom. The molecule has 2 aromatic heterocycles. The van der Waals surface area contributed by atoms with Crippen LogP contribution in [0.5, 0.6) is 0 Å². The van der Waals surface area contributed by atoms with Crippen molar-refractivity contribution in [2.24, 2.45) is 7.05 Å². The van der Waals surface area contributed by atoms with Crippen molar-refractivity contribution < 1.29 is 4.90 Å². The number of nitrogens with one attached hydrogen (secondary N) is 1. The number of likely N-dealkylation sites (tertiary alicyclic amines) is 1. The molecule has 0 aliphatic carbocycles. The second kappa shape index (κ2) is 4.73. The van der Waals surface area contributed by atoms with Crippen LogP contribution in [0.3, 0.4) is 0 Å². The van der Waals surface area contributed by atoms with Crippen LogP contribution in [0.2, 0.25) is 0 Å². The molecule has 0 spiro atoms. The Bertz CT molecular complexity index is 570. The summed E-state index contributed by atoms with van der Waals surface area (Å²) in [5.74, 6) is 0.891. The van der Waals surface area contributed by atoms with Crippen LogP contribution in [0.15, 0.2) is 6.33 Å². The zero-order chi connectivity index (χ0) is 13.4. The first-order valence-electron chi connectivity index (χ1n) is 6.71. The van der Waals surface area contributed by atoms with E-state index in [-0.39, 0.29) is 0 Å². The summed E-state index contributed by atoms with van der Waals surface area (Å²) in [6.45, 7) is 2.42. The van der Waals surface area contributed by atoms with E-state index in [1.54, 1.807) is 15.9 Å². The van der Waals surface area contributed by atoms with E-state index in [4.69, 9.17) is 0 Å². The molecule has 3 heterocycles. The minimum atomic E-state index is 0.531. The van der Waals surface area contributed by atoms with Crippen LogP contribution in [0.1, 0.15) is 12.8 Å². The van der Waals surface area contributed by atoms with Gasteiger partial charge in [-0.3, -0.25) is 0 Å². The van der Waals surface area contributed by atoms with Gasteiger partial charge in [-0.15, -0.1) is 5.10 Å². The largest absolute Gasteiger partial charge is 0.354 e. The number of fused-ring (bicyclic) bond motifs is 1. The van der Waals surface area contributed by atoms with Gasteiger partial charge in [0.2, 0.25) is 0 Å². The van der Waals surface area contributed by atoms with Gasteiger partial charge in [0.15, 0.2) is 17.0 Å². The molecule has 2 aromatic rings. The van der Waals surface area contributed by atoms with Gasteiger partial charge in [0.1, 0.15) is 6.33 Å². The van der Waals surface area contributed by atoms with Gasteiger partial charge in [-0.05, 0) is 0 Å². The highest BCUT2D eigenvalue weighted by Gasteiger charge is 2.25. The molecular formula is C12H20N7+. The molecule has 0 aromatic carbocycles. The van der Waals surface area contributed by atoms with Crippen LogP contribution in [-0.4, -0.2) is 58.2 Å². The Kier molecular flexibility index (Phi) is 3.06. The normalized spacial score (nSPS) is 23.7. The number of aromatic nitrogens is 5. The van der Waals surface area contributed by atoms with Crippen molar-refractivity contribution in [3.8, 4) is 0 Å². The third-order valence-electron chi connectivity index (χ3n) is 4.06. The molecular weight excluding hydrogens is 242 g/mol. The highest BCUT2D eigenvalue weighted by Crippen LogP contribution is 2.22. The van der Waals surface area contributed by atoms with E-state index >= 15 is 0 Å². The molecule has 0 amide bonds. The Hall–Kier alpha value is -1.76. The van der Waals surface area contributed by atoms with Gasteiger partial charge in [-0.1, -0.05) is 5.21 Å². The maximum absolute atomic E-state index is 4.41. The lowest BCUT2D eigenvalue weighted by molar-refractivity contribution is -0.884. The summed E-state index contributed by atoms with van der Waals surface area (Å²) in [6, 6.07) is 0.531. The van der Waals surface area contributed by atoms with Gasteiger partial charge in [-0.25, -0.2) is 14.6 Å². The topological polar surface area (TPSA) is 64.2 Å². The predicted octanol–water partition coefficient (Wildman–Crippen LogP) is -1.13. The number of nitrogens with zero attached hydrogens (tertiary/aromatic N) is 6. The molecule has 0 saturated carbocycles. The summed E-state index contributed by atoms with van der Waals surface area (Å²) in [7, 11) is 6.20. The zero-order valence-electron chi connectivity index (χ0n) is 11.7. The van der Waals surface area contributed by atoms with E-state index in [0.717, 1.165) is 17.0 Å².